The summed E-state index contributed by atoms with van der Waals surface area (Å²) < 4.78 is 34.0. The Morgan fingerprint density at radius 1 is 0.688 bits per heavy atom. The summed E-state index contributed by atoms with van der Waals surface area (Å²) in [5, 5.41) is 0. The van der Waals surface area contributed by atoms with E-state index < -0.39 is 26.5 Å². The molecule has 2 atom stereocenters. The molecule has 0 rings (SSSR count). The van der Waals surface area contributed by atoms with Crippen molar-refractivity contribution in [1.29, 1.82) is 0 Å². The van der Waals surface area contributed by atoms with Crippen LogP contribution in [0.15, 0.2) is 24.3 Å². The zero-order valence-electron chi connectivity index (χ0n) is 30.7. The first-order chi connectivity index (χ1) is 23.0. The first-order valence-electron chi connectivity index (χ1n) is 18.5. The summed E-state index contributed by atoms with van der Waals surface area (Å²) >= 11 is 0. The highest BCUT2D eigenvalue weighted by molar-refractivity contribution is 7.47. The van der Waals surface area contributed by atoms with E-state index in [9.17, 15) is 23.8 Å². The smallest absolute Gasteiger partial charge is 0.462 e. The number of phosphoric acid groups is 1. The van der Waals surface area contributed by atoms with Gasteiger partial charge in [0.15, 0.2) is 6.10 Å². The molecule has 0 fully saturated rings. The fraction of sp³-hybridized carbons (Fsp3) is 0.811. The van der Waals surface area contributed by atoms with Gasteiger partial charge in [-0.15, -0.1) is 0 Å². The summed E-state index contributed by atoms with van der Waals surface area (Å²) in [6, 6.07) is 0. The Kier molecular flexibility index (Phi) is 30.0. The maximum atomic E-state index is 12.6. The molecule has 0 bridgehead atoms. The third-order valence-electron chi connectivity index (χ3n) is 7.84. The standard InChI is InChI=1S/C37H68NO9P/c1-5-6-7-8-9-10-11-12-13-16-19-22-25-28-36(40)44-33-35(34-46-48(42,43)45-32-30-38(2,3)4)47-37(41)29-26-23-20-17-14-15-18-21-24-27-31-39/h18,21,24,27,31,35H,5-17,19-20,22-23,25-26,28-30,32-34H2,1-4H3/p+1/b21-18+,27-24+. The van der Waals surface area contributed by atoms with Crippen molar-refractivity contribution < 1.29 is 46.8 Å². The number of rotatable bonds is 34. The van der Waals surface area contributed by atoms with Gasteiger partial charge in [0.1, 0.15) is 26.0 Å². The highest BCUT2D eigenvalue weighted by Gasteiger charge is 2.27. The summed E-state index contributed by atoms with van der Waals surface area (Å²) in [5.74, 6) is -0.861. The highest BCUT2D eigenvalue weighted by Crippen LogP contribution is 2.43. The molecule has 48 heavy (non-hydrogen) atoms. The van der Waals surface area contributed by atoms with Crippen LogP contribution in [-0.2, 0) is 37.5 Å². The summed E-state index contributed by atoms with van der Waals surface area (Å²) in [6.07, 6.45) is 28.5. The molecule has 0 aliphatic rings. The SMILES string of the molecule is CCCCCCCCCCCCCCCC(=O)OCC(COP(=O)(O)OCC[N+](C)(C)C)OC(=O)CCCCCCC/C=C/C=C/C=O. The second-order valence-electron chi connectivity index (χ2n) is 13.7. The molecule has 0 aliphatic carbocycles. The highest BCUT2D eigenvalue weighted by atomic mass is 31.2. The van der Waals surface area contributed by atoms with E-state index in [0.29, 0.717) is 17.4 Å². The van der Waals surface area contributed by atoms with Crippen LogP contribution in [0, 0.1) is 0 Å². The van der Waals surface area contributed by atoms with Crippen LogP contribution in [-0.4, -0.2) is 81.2 Å². The van der Waals surface area contributed by atoms with Crippen LogP contribution in [0.1, 0.15) is 142 Å². The van der Waals surface area contributed by atoms with E-state index >= 15 is 0 Å². The topological polar surface area (TPSA) is 125 Å². The minimum Gasteiger partial charge on any atom is -0.462 e. The monoisotopic (exact) mass is 702 g/mol. The van der Waals surface area contributed by atoms with E-state index in [2.05, 4.69) is 6.92 Å². The van der Waals surface area contributed by atoms with E-state index in [4.69, 9.17) is 18.5 Å². The average molecular weight is 703 g/mol. The van der Waals surface area contributed by atoms with Crippen molar-refractivity contribution in [1.82, 2.24) is 0 Å². The quantitative estimate of drug-likeness (QED) is 0.0133. The molecule has 0 radical (unpaired) electrons. The Labute approximate surface area is 292 Å². The number of quaternary nitrogens is 1. The van der Waals surface area contributed by atoms with Crippen molar-refractivity contribution in [2.24, 2.45) is 0 Å². The second-order valence-corrected chi connectivity index (χ2v) is 15.1. The van der Waals surface area contributed by atoms with Gasteiger partial charge in [-0.1, -0.05) is 121 Å². The number of aldehydes is 1. The lowest BCUT2D eigenvalue weighted by Crippen LogP contribution is -2.37. The lowest BCUT2D eigenvalue weighted by molar-refractivity contribution is -0.870. The van der Waals surface area contributed by atoms with E-state index in [1.807, 2.05) is 33.3 Å². The molecule has 1 N–H and O–H groups in total. The number of nitrogens with zero attached hydrogens (tertiary/aromatic N) is 1. The molecular formula is C37H69NO9P+. The number of hydrogen-bond acceptors (Lipinski definition) is 8. The number of likely N-dealkylation sites (N-methyl/N-ethyl adjacent to an activating group) is 1. The van der Waals surface area contributed by atoms with Gasteiger partial charge in [0.25, 0.3) is 0 Å². The number of esters is 2. The van der Waals surface area contributed by atoms with Crippen molar-refractivity contribution in [2.45, 2.75) is 148 Å². The Morgan fingerprint density at radius 2 is 1.21 bits per heavy atom. The normalized spacial score (nSPS) is 13.9. The van der Waals surface area contributed by atoms with Gasteiger partial charge in [-0.25, -0.2) is 4.57 Å². The summed E-state index contributed by atoms with van der Waals surface area (Å²) in [5.41, 5.74) is 0. The number of carbonyl (C=O) groups is 3. The van der Waals surface area contributed by atoms with Crippen LogP contribution in [0.25, 0.3) is 0 Å². The molecule has 10 nitrogen and oxygen atoms in total. The molecule has 0 saturated heterocycles. The molecule has 11 heteroatoms. The summed E-state index contributed by atoms with van der Waals surface area (Å²) in [7, 11) is 1.42. The molecule has 0 saturated carbocycles. The van der Waals surface area contributed by atoms with Crippen molar-refractivity contribution >= 4 is 26.0 Å². The van der Waals surface area contributed by atoms with Crippen LogP contribution >= 0.6 is 7.82 Å². The van der Waals surface area contributed by atoms with Crippen molar-refractivity contribution in [3.8, 4) is 0 Å². The molecule has 0 aliphatic heterocycles. The zero-order valence-corrected chi connectivity index (χ0v) is 31.6. The van der Waals surface area contributed by atoms with E-state index in [-0.39, 0.29) is 32.0 Å². The van der Waals surface area contributed by atoms with Gasteiger partial charge in [0, 0.05) is 12.8 Å². The fourth-order valence-electron chi connectivity index (χ4n) is 4.90. The third-order valence-corrected chi connectivity index (χ3v) is 8.83. The van der Waals surface area contributed by atoms with Crippen LogP contribution in [0.2, 0.25) is 0 Å². The van der Waals surface area contributed by atoms with Crippen LogP contribution in [0.4, 0.5) is 0 Å². The maximum absolute atomic E-state index is 12.6. The summed E-state index contributed by atoms with van der Waals surface area (Å²) in [4.78, 5) is 45.3. The largest absolute Gasteiger partial charge is 0.472 e. The number of phosphoric ester groups is 1. The van der Waals surface area contributed by atoms with Crippen LogP contribution in [0.5, 0.6) is 0 Å². The number of ether oxygens (including phenoxy) is 2. The number of hydrogen-bond donors (Lipinski definition) is 1. The summed E-state index contributed by atoms with van der Waals surface area (Å²) in [6.45, 7) is 2.08. The van der Waals surface area contributed by atoms with Gasteiger partial charge >= 0.3 is 19.8 Å². The Bertz CT molecular complexity index is 917. The van der Waals surface area contributed by atoms with Gasteiger partial charge in [0.2, 0.25) is 0 Å². The van der Waals surface area contributed by atoms with Gasteiger partial charge in [-0.3, -0.25) is 23.4 Å². The van der Waals surface area contributed by atoms with Crippen LogP contribution in [0.3, 0.4) is 0 Å². The number of unbranched alkanes of at least 4 members (excludes halogenated alkanes) is 17. The molecule has 0 amide bonds. The lowest BCUT2D eigenvalue weighted by atomic mass is 10.0. The Morgan fingerprint density at radius 3 is 1.75 bits per heavy atom. The van der Waals surface area contributed by atoms with Crippen LogP contribution < -0.4 is 0 Å². The molecule has 0 heterocycles. The zero-order chi connectivity index (χ0) is 35.8. The second kappa shape index (κ2) is 31.2. The van der Waals surface area contributed by atoms with Gasteiger partial charge in [-0.2, -0.15) is 0 Å². The van der Waals surface area contributed by atoms with E-state index in [1.54, 1.807) is 6.08 Å². The molecule has 0 aromatic carbocycles. The van der Waals surface area contributed by atoms with Crippen molar-refractivity contribution in [3.05, 3.63) is 24.3 Å². The molecule has 2 unspecified atom stereocenters. The minimum atomic E-state index is -4.38. The number of allylic oxidation sites excluding steroid dienone is 4. The molecule has 0 spiro atoms. The first-order valence-corrected chi connectivity index (χ1v) is 20.0. The van der Waals surface area contributed by atoms with Gasteiger partial charge < -0.3 is 18.9 Å². The molecular weight excluding hydrogens is 633 g/mol. The molecule has 280 valence electrons. The predicted octanol–water partition coefficient (Wildman–Crippen LogP) is 8.80. The van der Waals surface area contributed by atoms with E-state index in [1.165, 1.54) is 70.3 Å². The fourth-order valence-corrected chi connectivity index (χ4v) is 5.64. The Balaban J connectivity index is 4.44. The third kappa shape index (κ3) is 34.0. The van der Waals surface area contributed by atoms with Crippen molar-refractivity contribution in [3.63, 3.8) is 0 Å². The molecule has 0 aromatic heterocycles. The minimum absolute atomic E-state index is 0.0172. The van der Waals surface area contributed by atoms with Crippen molar-refractivity contribution in [2.75, 3.05) is 47.5 Å². The first kappa shape index (κ1) is 46.2. The van der Waals surface area contributed by atoms with Gasteiger partial charge in [0.05, 0.1) is 27.7 Å². The van der Waals surface area contributed by atoms with Gasteiger partial charge in [-0.05, 0) is 31.8 Å². The number of carbonyl (C=O) groups excluding carboxylic acids is 3. The Hall–Kier alpha value is -1.84. The molecule has 0 aromatic rings. The predicted molar refractivity (Wildman–Crippen MR) is 192 cm³/mol. The average Bonchev–Trinajstić information content (AvgIpc) is 3.02. The maximum Gasteiger partial charge on any atom is 0.472 e. The lowest BCUT2D eigenvalue weighted by Gasteiger charge is -2.24. The van der Waals surface area contributed by atoms with E-state index in [0.717, 1.165) is 57.7 Å².